The molecule has 0 fully saturated rings. The summed E-state index contributed by atoms with van der Waals surface area (Å²) in [4.78, 5) is 17.1. The molecule has 5 nitrogen and oxygen atoms in total. The van der Waals surface area contributed by atoms with Gasteiger partial charge >= 0.3 is 0 Å². The Morgan fingerprint density at radius 2 is 1.41 bits per heavy atom. The predicted molar refractivity (Wildman–Crippen MR) is 141 cm³/mol. The number of nitrogens with one attached hydrogen (secondary N) is 1. The standard InChI is InChI=1S/C27H25N3O2.2ClH/c28-26(25(20-7-3-1-4-8-20)21-9-5-2-6-10-21)27(32)30-23-13-11-19(12-14-23)24-15-16-29-17-22(24)18-31;;/h1-17,25-26,31H,18,28H2,(H,30,32);2*1H. The van der Waals surface area contributed by atoms with Gasteiger partial charge in [0.05, 0.1) is 12.6 Å². The number of hydrogen-bond donors (Lipinski definition) is 3. The summed E-state index contributed by atoms with van der Waals surface area (Å²) >= 11 is 0. The molecule has 0 saturated heterocycles. The van der Waals surface area contributed by atoms with E-state index in [4.69, 9.17) is 5.73 Å². The molecule has 3 aromatic carbocycles. The van der Waals surface area contributed by atoms with E-state index in [1.807, 2.05) is 91.0 Å². The van der Waals surface area contributed by atoms with Gasteiger partial charge in [-0.1, -0.05) is 72.8 Å². The number of hydrogen-bond acceptors (Lipinski definition) is 4. The summed E-state index contributed by atoms with van der Waals surface area (Å²) in [5, 5.41) is 12.5. The third-order valence-corrected chi connectivity index (χ3v) is 5.52. The molecule has 4 N–H and O–H groups in total. The summed E-state index contributed by atoms with van der Waals surface area (Å²) in [6.07, 6.45) is 3.34. The minimum absolute atomic E-state index is 0. The van der Waals surface area contributed by atoms with Gasteiger partial charge in [-0.05, 0) is 40.5 Å². The van der Waals surface area contributed by atoms with Crippen LogP contribution >= 0.6 is 24.8 Å². The zero-order chi connectivity index (χ0) is 22.3. The van der Waals surface area contributed by atoms with Crippen LogP contribution in [0.25, 0.3) is 11.1 Å². The number of pyridine rings is 1. The minimum atomic E-state index is -0.763. The first-order chi connectivity index (χ1) is 15.7. The quantitative estimate of drug-likeness (QED) is 0.329. The monoisotopic (exact) mass is 495 g/mol. The number of carbonyl (C=O) groups is 1. The maximum Gasteiger partial charge on any atom is 0.242 e. The Morgan fingerprint density at radius 3 is 1.94 bits per heavy atom. The molecule has 0 radical (unpaired) electrons. The van der Waals surface area contributed by atoms with Crippen molar-refractivity contribution in [2.24, 2.45) is 5.73 Å². The molecule has 0 bridgehead atoms. The highest BCUT2D eigenvalue weighted by Gasteiger charge is 2.27. The van der Waals surface area contributed by atoms with Gasteiger partial charge in [0, 0.05) is 29.6 Å². The maximum absolute atomic E-state index is 13.1. The second-order valence-corrected chi connectivity index (χ2v) is 7.58. The third-order valence-electron chi connectivity index (χ3n) is 5.52. The van der Waals surface area contributed by atoms with Gasteiger partial charge in [-0.2, -0.15) is 0 Å². The van der Waals surface area contributed by atoms with Gasteiger partial charge in [0.1, 0.15) is 0 Å². The van der Waals surface area contributed by atoms with E-state index < -0.39 is 6.04 Å². The van der Waals surface area contributed by atoms with Gasteiger partial charge in [-0.15, -0.1) is 24.8 Å². The molecule has 0 aliphatic heterocycles. The number of rotatable bonds is 7. The molecule has 7 heteroatoms. The van der Waals surface area contributed by atoms with Crippen molar-refractivity contribution in [2.75, 3.05) is 5.32 Å². The molecule has 0 aliphatic rings. The van der Waals surface area contributed by atoms with Crippen molar-refractivity contribution in [1.82, 2.24) is 4.98 Å². The van der Waals surface area contributed by atoms with E-state index in [0.29, 0.717) is 5.69 Å². The van der Waals surface area contributed by atoms with Gasteiger partial charge in [0.15, 0.2) is 0 Å². The Kier molecular flexibility index (Phi) is 10.2. The Morgan fingerprint density at radius 1 is 0.853 bits per heavy atom. The van der Waals surface area contributed by atoms with Crippen LogP contribution in [-0.4, -0.2) is 22.0 Å². The topological polar surface area (TPSA) is 88.2 Å². The molecule has 1 heterocycles. The molecule has 1 atom stereocenters. The van der Waals surface area contributed by atoms with Gasteiger partial charge in [-0.25, -0.2) is 0 Å². The molecular weight excluding hydrogens is 469 g/mol. The highest BCUT2D eigenvalue weighted by atomic mass is 35.5. The molecule has 0 aliphatic carbocycles. The molecule has 1 amide bonds. The molecule has 4 aromatic rings. The highest BCUT2D eigenvalue weighted by molar-refractivity contribution is 5.96. The number of aromatic nitrogens is 1. The summed E-state index contributed by atoms with van der Waals surface area (Å²) in [7, 11) is 0. The summed E-state index contributed by atoms with van der Waals surface area (Å²) in [6.45, 7) is -0.0864. The molecule has 1 aromatic heterocycles. The van der Waals surface area contributed by atoms with Crippen LogP contribution in [0.1, 0.15) is 22.6 Å². The van der Waals surface area contributed by atoms with E-state index in [-0.39, 0.29) is 43.2 Å². The van der Waals surface area contributed by atoms with Crippen LogP contribution in [0.5, 0.6) is 0 Å². The van der Waals surface area contributed by atoms with Crippen molar-refractivity contribution >= 4 is 36.4 Å². The van der Waals surface area contributed by atoms with Crippen LogP contribution in [0, 0.1) is 0 Å². The van der Waals surface area contributed by atoms with Crippen molar-refractivity contribution in [3.05, 3.63) is 120 Å². The van der Waals surface area contributed by atoms with Crippen LogP contribution < -0.4 is 11.1 Å². The van der Waals surface area contributed by atoms with Crippen molar-refractivity contribution in [3.8, 4) is 11.1 Å². The lowest BCUT2D eigenvalue weighted by Crippen LogP contribution is -2.41. The molecule has 4 rings (SSSR count). The SMILES string of the molecule is Cl.Cl.NC(C(=O)Nc1ccc(-c2ccncc2CO)cc1)C(c1ccccc1)c1ccccc1. The Bertz CT molecular complexity index is 1130. The first-order valence-electron chi connectivity index (χ1n) is 10.5. The average molecular weight is 496 g/mol. The molecule has 0 saturated carbocycles. The molecule has 176 valence electrons. The Labute approximate surface area is 211 Å². The number of aliphatic hydroxyl groups is 1. The van der Waals surface area contributed by atoms with Crippen LogP contribution in [0.3, 0.4) is 0 Å². The van der Waals surface area contributed by atoms with Crippen molar-refractivity contribution in [2.45, 2.75) is 18.6 Å². The predicted octanol–water partition coefficient (Wildman–Crippen LogP) is 5.18. The summed E-state index contributed by atoms with van der Waals surface area (Å²) < 4.78 is 0. The van der Waals surface area contributed by atoms with Crippen molar-refractivity contribution in [1.29, 1.82) is 0 Å². The van der Waals surface area contributed by atoms with E-state index in [0.717, 1.165) is 27.8 Å². The van der Waals surface area contributed by atoms with E-state index in [1.54, 1.807) is 12.4 Å². The molecule has 34 heavy (non-hydrogen) atoms. The highest BCUT2D eigenvalue weighted by Crippen LogP contribution is 2.28. The van der Waals surface area contributed by atoms with E-state index in [9.17, 15) is 9.90 Å². The number of aliphatic hydroxyl groups excluding tert-OH is 1. The minimum Gasteiger partial charge on any atom is -0.392 e. The fraction of sp³-hybridized carbons (Fsp3) is 0.111. The number of halogens is 2. The van der Waals surface area contributed by atoms with Gasteiger partial charge in [-0.3, -0.25) is 9.78 Å². The molecular formula is C27H27Cl2N3O2. The van der Waals surface area contributed by atoms with E-state index in [1.165, 1.54) is 0 Å². The van der Waals surface area contributed by atoms with Crippen LogP contribution in [0.2, 0.25) is 0 Å². The van der Waals surface area contributed by atoms with Gasteiger partial charge in [0.2, 0.25) is 5.91 Å². The molecule has 1 unspecified atom stereocenters. The number of nitrogens with zero attached hydrogens (tertiary/aromatic N) is 1. The normalized spacial score (nSPS) is 11.1. The lowest BCUT2D eigenvalue weighted by molar-refractivity contribution is -0.117. The number of amides is 1. The Hall–Kier alpha value is -3.22. The fourth-order valence-electron chi connectivity index (χ4n) is 3.87. The zero-order valence-corrected chi connectivity index (χ0v) is 20.0. The largest absolute Gasteiger partial charge is 0.392 e. The van der Waals surface area contributed by atoms with E-state index >= 15 is 0 Å². The number of anilines is 1. The number of benzene rings is 3. The van der Waals surface area contributed by atoms with Gasteiger partial charge < -0.3 is 16.2 Å². The Balaban J connectivity index is 0.00000204. The van der Waals surface area contributed by atoms with Crippen molar-refractivity contribution < 1.29 is 9.90 Å². The maximum atomic E-state index is 13.1. The first-order valence-corrected chi connectivity index (χ1v) is 10.5. The zero-order valence-electron chi connectivity index (χ0n) is 18.4. The third kappa shape index (κ3) is 6.22. The smallest absolute Gasteiger partial charge is 0.242 e. The van der Waals surface area contributed by atoms with Crippen molar-refractivity contribution in [3.63, 3.8) is 0 Å². The molecule has 0 spiro atoms. The number of carbonyl (C=O) groups excluding carboxylic acids is 1. The second-order valence-electron chi connectivity index (χ2n) is 7.58. The summed E-state index contributed by atoms with van der Waals surface area (Å²) in [5.41, 5.74) is 11.7. The van der Waals surface area contributed by atoms with Crippen LogP contribution in [0.15, 0.2) is 103 Å². The first kappa shape index (κ1) is 27.0. The van der Waals surface area contributed by atoms with Crippen LogP contribution in [-0.2, 0) is 11.4 Å². The second kappa shape index (κ2) is 12.9. The van der Waals surface area contributed by atoms with Gasteiger partial charge in [0.25, 0.3) is 0 Å². The van der Waals surface area contributed by atoms with E-state index in [2.05, 4.69) is 10.3 Å². The summed E-state index contributed by atoms with van der Waals surface area (Å²) in [5.74, 6) is -0.518. The fourth-order valence-corrected chi connectivity index (χ4v) is 3.87. The number of nitrogens with two attached hydrogens (primary N) is 1. The average Bonchev–Trinajstić information content (AvgIpc) is 2.86. The lowest BCUT2D eigenvalue weighted by atomic mass is 9.85. The van der Waals surface area contributed by atoms with Crippen LogP contribution in [0.4, 0.5) is 5.69 Å². The summed E-state index contributed by atoms with van der Waals surface area (Å²) in [6, 6.07) is 28.3. The lowest BCUT2D eigenvalue weighted by Gasteiger charge is -2.24.